The van der Waals surface area contributed by atoms with Crippen LogP contribution in [0.4, 0.5) is 0 Å². The predicted molar refractivity (Wildman–Crippen MR) is 144 cm³/mol. The van der Waals surface area contributed by atoms with Crippen LogP contribution in [0.1, 0.15) is 22.3 Å². The fourth-order valence-corrected chi connectivity index (χ4v) is 3.14. The summed E-state index contributed by atoms with van der Waals surface area (Å²) in [6.45, 7) is 9.74. The van der Waals surface area contributed by atoms with Crippen molar-refractivity contribution in [3.05, 3.63) is 120 Å². The van der Waals surface area contributed by atoms with Crippen LogP contribution in [0.15, 0.2) is 98.1 Å². The predicted octanol–water partition coefficient (Wildman–Crippen LogP) is 5.95. The molecule has 3 aromatic rings. The summed E-state index contributed by atoms with van der Waals surface area (Å²) < 4.78 is 23.1. The van der Waals surface area contributed by atoms with Gasteiger partial charge in [0.2, 0.25) is 0 Å². The second-order valence-electron chi connectivity index (χ2n) is 7.60. The van der Waals surface area contributed by atoms with Crippen molar-refractivity contribution in [2.24, 2.45) is 0 Å². The van der Waals surface area contributed by atoms with Gasteiger partial charge in [-0.2, -0.15) is 0 Å². The third-order valence-electron chi connectivity index (χ3n) is 4.81. The van der Waals surface area contributed by atoms with Crippen LogP contribution >= 0.6 is 0 Å². The highest BCUT2D eigenvalue weighted by atomic mass is 16.5. The van der Waals surface area contributed by atoms with Crippen molar-refractivity contribution in [2.75, 3.05) is 26.4 Å². The molecule has 0 bridgehead atoms. The lowest BCUT2D eigenvalue weighted by Gasteiger charge is -2.12. The Kier molecular flexibility index (Phi) is 11.5. The molecule has 0 fully saturated rings. The van der Waals surface area contributed by atoms with Gasteiger partial charge < -0.3 is 18.9 Å². The normalized spacial score (nSPS) is 9.78. The van der Waals surface area contributed by atoms with Crippen molar-refractivity contribution in [1.82, 2.24) is 0 Å². The van der Waals surface area contributed by atoms with E-state index in [9.17, 15) is 0 Å². The van der Waals surface area contributed by atoms with Crippen molar-refractivity contribution >= 4 is 0 Å². The largest absolute Gasteiger partial charge is 0.488 e. The summed E-state index contributed by atoms with van der Waals surface area (Å²) in [5.74, 6) is 13.6. The van der Waals surface area contributed by atoms with Crippen LogP contribution in [0.3, 0.4) is 0 Å². The van der Waals surface area contributed by atoms with Crippen LogP contribution in [0.25, 0.3) is 0 Å². The SMILES string of the molecule is C=CCOc1cc(OCC=C)c(C#CCOCc2ccccc2)cc1C#CCOCc1ccccc1. The maximum atomic E-state index is 5.84. The van der Waals surface area contributed by atoms with Crippen molar-refractivity contribution in [3.63, 3.8) is 0 Å². The molecule has 0 spiro atoms. The average Bonchev–Trinajstić information content (AvgIpc) is 2.92. The van der Waals surface area contributed by atoms with Gasteiger partial charge in [0.25, 0.3) is 0 Å². The van der Waals surface area contributed by atoms with E-state index >= 15 is 0 Å². The zero-order chi connectivity index (χ0) is 25.3. The molecular weight excluding hydrogens is 448 g/mol. The molecule has 0 aliphatic rings. The van der Waals surface area contributed by atoms with E-state index in [1.807, 2.05) is 66.7 Å². The highest BCUT2D eigenvalue weighted by Gasteiger charge is 2.10. The zero-order valence-electron chi connectivity index (χ0n) is 20.4. The molecule has 0 aromatic heterocycles. The molecule has 3 rings (SSSR count). The van der Waals surface area contributed by atoms with Gasteiger partial charge in [-0.15, -0.1) is 0 Å². The van der Waals surface area contributed by atoms with E-state index in [0.29, 0.717) is 62.3 Å². The lowest BCUT2D eigenvalue weighted by atomic mass is 10.1. The van der Waals surface area contributed by atoms with E-state index in [0.717, 1.165) is 11.1 Å². The number of ether oxygens (including phenoxy) is 4. The number of benzene rings is 3. The number of rotatable bonds is 12. The molecule has 3 aromatic carbocycles. The van der Waals surface area contributed by atoms with Gasteiger partial charge in [-0.3, -0.25) is 0 Å². The highest BCUT2D eigenvalue weighted by Crippen LogP contribution is 2.29. The smallest absolute Gasteiger partial charge is 0.139 e. The molecule has 0 atom stereocenters. The minimum Gasteiger partial charge on any atom is -0.488 e. The molecule has 0 unspecified atom stereocenters. The molecule has 0 N–H and O–H groups in total. The molecule has 0 aliphatic heterocycles. The third-order valence-corrected chi connectivity index (χ3v) is 4.81. The van der Waals surface area contributed by atoms with Crippen LogP contribution in [0.2, 0.25) is 0 Å². The van der Waals surface area contributed by atoms with Crippen LogP contribution in [-0.2, 0) is 22.7 Å². The number of hydrogen-bond acceptors (Lipinski definition) is 4. The van der Waals surface area contributed by atoms with Crippen molar-refractivity contribution in [2.45, 2.75) is 13.2 Å². The van der Waals surface area contributed by atoms with Gasteiger partial charge in [0, 0.05) is 6.07 Å². The van der Waals surface area contributed by atoms with E-state index < -0.39 is 0 Å². The summed E-state index contributed by atoms with van der Waals surface area (Å²) in [4.78, 5) is 0. The quantitative estimate of drug-likeness (QED) is 0.183. The first-order valence-corrected chi connectivity index (χ1v) is 11.7. The number of hydrogen-bond donors (Lipinski definition) is 0. The van der Waals surface area contributed by atoms with Crippen LogP contribution in [0.5, 0.6) is 11.5 Å². The first-order chi connectivity index (χ1) is 17.8. The van der Waals surface area contributed by atoms with Gasteiger partial charge in [-0.25, -0.2) is 0 Å². The summed E-state index contributed by atoms with van der Waals surface area (Å²) >= 11 is 0. The summed E-state index contributed by atoms with van der Waals surface area (Å²) in [5.41, 5.74) is 3.59. The Bertz CT molecular complexity index is 1130. The van der Waals surface area contributed by atoms with Gasteiger partial charge in [0.15, 0.2) is 0 Å². The standard InChI is InChI=1S/C32H30O4/c1-3-19-35-31-24-32(36-20-4-2)30(18-12-22-34-26-28-15-9-6-10-16-28)23-29(31)17-11-21-33-25-27-13-7-5-8-14-27/h3-10,13-16,23-24H,1-2,19-22,25-26H2. The first kappa shape index (κ1) is 26.4. The summed E-state index contributed by atoms with van der Waals surface area (Å²) in [6, 6.07) is 23.6. The minimum atomic E-state index is 0.291. The molecule has 0 heterocycles. The summed E-state index contributed by atoms with van der Waals surface area (Å²) in [6.07, 6.45) is 3.37. The molecule has 0 radical (unpaired) electrons. The maximum Gasteiger partial charge on any atom is 0.139 e. The highest BCUT2D eigenvalue weighted by molar-refractivity contribution is 5.58. The second kappa shape index (κ2) is 15.6. The lowest BCUT2D eigenvalue weighted by Crippen LogP contribution is -2.01. The lowest BCUT2D eigenvalue weighted by molar-refractivity contribution is 0.153. The Hall–Kier alpha value is -4.22. The van der Waals surface area contributed by atoms with Gasteiger partial charge >= 0.3 is 0 Å². The van der Waals surface area contributed by atoms with Gasteiger partial charge in [-0.05, 0) is 17.2 Å². The van der Waals surface area contributed by atoms with E-state index in [4.69, 9.17) is 18.9 Å². The summed E-state index contributed by atoms with van der Waals surface area (Å²) in [5, 5.41) is 0. The monoisotopic (exact) mass is 478 g/mol. The molecule has 0 saturated heterocycles. The Labute approximate surface area is 214 Å². The third kappa shape index (κ3) is 9.20. The molecule has 182 valence electrons. The average molecular weight is 479 g/mol. The van der Waals surface area contributed by atoms with Crippen LogP contribution < -0.4 is 9.47 Å². The van der Waals surface area contributed by atoms with E-state index in [2.05, 4.69) is 36.8 Å². The van der Waals surface area contributed by atoms with E-state index in [1.165, 1.54) is 0 Å². The van der Waals surface area contributed by atoms with Crippen molar-refractivity contribution in [3.8, 4) is 35.2 Å². The topological polar surface area (TPSA) is 36.9 Å². The molecule has 4 nitrogen and oxygen atoms in total. The fraction of sp³-hybridized carbons (Fsp3) is 0.188. The Morgan fingerprint density at radius 3 is 1.47 bits per heavy atom. The molecule has 0 saturated carbocycles. The Balaban J connectivity index is 1.73. The Morgan fingerprint density at radius 2 is 1.06 bits per heavy atom. The van der Waals surface area contributed by atoms with E-state index in [1.54, 1.807) is 18.2 Å². The summed E-state index contributed by atoms with van der Waals surface area (Å²) in [7, 11) is 0. The molecular formula is C32H30O4. The Morgan fingerprint density at radius 1 is 0.611 bits per heavy atom. The van der Waals surface area contributed by atoms with E-state index in [-0.39, 0.29) is 0 Å². The minimum absolute atomic E-state index is 0.291. The molecule has 0 amide bonds. The zero-order valence-corrected chi connectivity index (χ0v) is 20.4. The van der Waals surface area contributed by atoms with Gasteiger partial charge in [-0.1, -0.05) is 110 Å². The molecule has 36 heavy (non-hydrogen) atoms. The van der Waals surface area contributed by atoms with Crippen molar-refractivity contribution < 1.29 is 18.9 Å². The molecule has 0 aliphatic carbocycles. The maximum absolute atomic E-state index is 5.84. The second-order valence-corrected chi connectivity index (χ2v) is 7.60. The van der Waals surface area contributed by atoms with Gasteiger partial charge in [0.05, 0.1) is 24.3 Å². The van der Waals surface area contributed by atoms with Crippen molar-refractivity contribution in [1.29, 1.82) is 0 Å². The fourth-order valence-electron chi connectivity index (χ4n) is 3.14. The molecule has 4 heteroatoms. The van der Waals surface area contributed by atoms with Crippen LogP contribution in [0, 0.1) is 23.7 Å². The van der Waals surface area contributed by atoms with Crippen LogP contribution in [-0.4, -0.2) is 26.4 Å². The van der Waals surface area contributed by atoms with Gasteiger partial charge in [0.1, 0.15) is 37.9 Å². The first-order valence-electron chi connectivity index (χ1n) is 11.7.